The molecule has 0 radical (unpaired) electrons. The number of pyridine rings is 1. The van der Waals surface area contributed by atoms with Crippen LogP contribution in [0.2, 0.25) is 0 Å². The number of nitrogens with one attached hydrogen (secondary N) is 2. The van der Waals surface area contributed by atoms with Crippen LogP contribution in [-0.4, -0.2) is 16.7 Å². The number of hydrogen-bond donors (Lipinski definition) is 2. The summed E-state index contributed by atoms with van der Waals surface area (Å²) in [6.45, 7) is 2.00. The first kappa shape index (κ1) is 14.3. The number of aromatic nitrogens is 1. The maximum Gasteiger partial charge on any atom is 0.261 e. The molecule has 2 aromatic heterocycles. The molecule has 3 rings (SSSR count). The topological polar surface area (TPSA) is 92.2 Å². The first-order valence-corrected chi connectivity index (χ1v) is 7.17. The Morgan fingerprint density at radius 1 is 1.32 bits per heavy atom. The number of aryl methyl sites for hydroxylation is 2. The number of amides is 1. The maximum atomic E-state index is 12.2. The van der Waals surface area contributed by atoms with Crippen molar-refractivity contribution in [3.05, 3.63) is 56.9 Å². The van der Waals surface area contributed by atoms with Crippen molar-refractivity contribution in [3.8, 4) is 0 Å². The lowest BCUT2D eigenvalue weighted by molar-refractivity contribution is 0.0946. The summed E-state index contributed by atoms with van der Waals surface area (Å²) in [6.07, 6.45) is 1.83. The van der Waals surface area contributed by atoms with Gasteiger partial charge >= 0.3 is 0 Å². The van der Waals surface area contributed by atoms with E-state index in [1.165, 1.54) is 6.07 Å². The number of hydrogen-bond acceptors (Lipinski definition) is 4. The molecule has 1 aliphatic carbocycles. The number of ketones is 1. The van der Waals surface area contributed by atoms with Crippen LogP contribution < -0.4 is 10.9 Å². The van der Waals surface area contributed by atoms with Crippen molar-refractivity contribution in [2.45, 2.75) is 32.7 Å². The van der Waals surface area contributed by atoms with Crippen molar-refractivity contribution in [1.82, 2.24) is 10.3 Å². The predicted octanol–water partition coefficient (Wildman–Crippen LogP) is 1.73. The van der Waals surface area contributed by atoms with Crippen LogP contribution in [0.5, 0.6) is 0 Å². The van der Waals surface area contributed by atoms with E-state index in [1.807, 2.05) is 6.92 Å². The lowest BCUT2D eigenvalue weighted by atomic mass is 9.93. The first-order valence-electron chi connectivity index (χ1n) is 7.17. The molecule has 0 aromatic carbocycles. The average molecular weight is 300 g/mol. The molecule has 0 fully saturated rings. The number of fused-ring (bicyclic) bond motifs is 1. The molecule has 0 saturated heterocycles. The zero-order valence-corrected chi connectivity index (χ0v) is 12.2. The van der Waals surface area contributed by atoms with Crippen LogP contribution in [0, 0.1) is 6.92 Å². The highest BCUT2D eigenvalue weighted by atomic mass is 16.3. The summed E-state index contributed by atoms with van der Waals surface area (Å²) in [5, 5.41) is 2.63. The monoisotopic (exact) mass is 300 g/mol. The summed E-state index contributed by atoms with van der Waals surface area (Å²) in [5.41, 5.74) is 0.558. The van der Waals surface area contributed by atoms with Crippen molar-refractivity contribution in [2.75, 3.05) is 0 Å². The number of furan rings is 1. The summed E-state index contributed by atoms with van der Waals surface area (Å²) in [4.78, 5) is 38.7. The van der Waals surface area contributed by atoms with E-state index in [4.69, 9.17) is 4.42 Å². The second-order valence-corrected chi connectivity index (χ2v) is 5.38. The molecule has 1 amide bonds. The molecule has 114 valence electrons. The molecule has 0 unspecified atom stereocenters. The zero-order chi connectivity index (χ0) is 15.7. The normalized spacial score (nSPS) is 13.8. The number of aromatic amines is 1. The highest BCUT2D eigenvalue weighted by molar-refractivity contribution is 6.01. The number of carbonyl (C=O) groups excluding carboxylic acids is 2. The Morgan fingerprint density at radius 3 is 2.86 bits per heavy atom. The summed E-state index contributed by atoms with van der Waals surface area (Å²) in [7, 11) is 0. The molecule has 0 atom stereocenters. The van der Waals surface area contributed by atoms with Gasteiger partial charge in [-0.1, -0.05) is 0 Å². The van der Waals surface area contributed by atoms with Gasteiger partial charge in [0.1, 0.15) is 17.1 Å². The predicted molar refractivity (Wildman–Crippen MR) is 78.9 cm³/mol. The molecule has 0 saturated carbocycles. The van der Waals surface area contributed by atoms with Gasteiger partial charge in [0.05, 0.1) is 6.54 Å². The summed E-state index contributed by atoms with van der Waals surface area (Å²) < 4.78 is 5.35. The largest absolute Gasteiger partial charge is 0.465 e. The van der Waals surface area contributed by atoms with Crippen molar-refractivity contribution in [1.29, 1.82) is 0 Å². The van der Waals surface area contributed by atoms with Gasteiger partial charge in [-0.15, -0.1) is 0 Å². The SMILES string of the molecule is Cc1ccc(CNC(=O)c2cc3c([nH]c2=O)CCCC3=O)o1. The lowest BCUT2D eigenvalue weighted by Gasteiger charge is -2.14. The van der Waals surface area contributed by atoms with E-state index < -0.39 is 11.5 Å². The molecule has 6 heteroatoms. The maximum absolute atomic E-state index is 12.2. The van der Waals surface area contributed by atoms with E-state index >= 15 is 0 Å². The van der Waals surface area contributed by atoms with Gasteiger partial charge in [-0.25, -0.2) is 0 Å². The van der Waals surface area contributed by atoms with Crippen LogP contribution in [0.15, 0.2) is 27.4 Å². The van der Waals surface area contributed by atoms with E-state index in [2.05, 4.69) is 10.3 Å². The number of rotatable bonds is 3. The first-order chi connectivity index (χ1) is 10.5. The van der Waals surface area contributed by atoms with Gasteiger partial charge in [0.25, 0.3) is 11.5 Å². The molecular formula is C16H16N2O4. The molecule has 2 aromatic rings. The zero-order valence-electron chi connectivity index (χ0n) is 12.2. The Hall–Kier alpha value is -2.63. The molecule has 6 nitrogen and oxygen atoms in total. The quantitative estimate of drug-likeness (QED) is 0.902. The van der Waals surface area contributed by atoms with Crippen LogP contribution in [0.25, 0.3) is 0 Å². The van der Waals surface area contributed by atoms with Crippen LogP contribution in [-0.2, 0) is 13.0 Å². The smallest absolute Gasteiger partial charge is 0.261 e. The van der Waals surface area contributed by atoms with Crippen molar-refractivity contribution in [3.63, 3.8) is 0 Å². The van der Waals surface area contributed by atoms with E-state index in [1.54, 1.807) is 12.1 Å². The Balaban J connectivity index is 1.81. The second kappa shape index (κ2) is 5.63. The van der Waals surface area contributed by atoms with Crippen molar-refractivity contribution < 1.29 is 14.0 Å². The van der Waals surface area contributed by atoms with E-state index in [0.29, 0.717) is 29.9 Å². The van der Waals surface area contributed by atoms with Gasteiger partial charge in [-0.3, -0.25) is 14.4 Å². The minimum atomic E-state index is -0.517. The molecule has 2 heterocycles. The minimum absolute atomic E-state index is 0.0341. The third-order valence-corrected chi connectivity index (χ3v) is 3.72. The molecule has 0 bridgehead atoms. The summed E-state index contributed by atoms with van der Waals surface area (Å²) >= 11 is 0. The second-order valence-electron chi connectivity index (χ2n) is 5.38. The fourth-order valence-corrected chi connectivity index (χ4v) is 2.59. The third kappa shape index (κ3) is 2.72. The van der Waals surface area contributed by atoms with Gasteiger partial charge in [-0.05, 0) is 38.0 Å². The van der Waals surface area contributed by atoms with Crippen LogP contribution in [0.3, 0.4) is 0 Å². The highest BCUT2D eigenvalue weighted by Gasteiger charge is 2.22. The number of Topliss-reactive ketones (excluding diaryl/α,β-unsaturated/α-hetero) is 1. The molecule has 0 spiro atoms. The Bertz CT molecular complexity index is 801. The summed E-state index contributed by atoms with van der Waals surface area (Å²) in [6, 6.07) is 4.96. The molecule has 0 aliphatic heterocycles. The van der Waals surface area contributed by atoms with E-state index in [-0.39, 0.29) is 17.9 Å². The standard InChI is InChI=1S/C16H16N2O4/c1-9-5-6-10(22-9)8-17-15(20)12-7-11-13(18-16(12)21)3-2-4-14(11)19/h5-7H,2-4,8H2,1H3,(H,17,20)(H,18,21). The number of carbonyl (C=O) groups is 2. The highest BCUT2D eigenvalue weighted by Crippen LogP contribution is 2.18. The van der Waals surface area contributed by atoms with Crippen LogP contribution in [0.4, 0.5) is 0 Å². The Morgan fingerprint density at radius 2 is 2.14 bits per heavy atom. The molecule has 1 aliphatic rings. The van der Waals surface area contributed by atoms with Crippen LogP contribution >= 0.6 is 0 Å². The molecule has 22 heavy (non-hydrogen) atoms. The Labute approximate surface area is 126 Å². The van der Waals surface area contributed by atoms with Crippen molar-refractivity contribution >= 4 is 11.7 Å². The Kier molecular flexibility index (Phi) is 3.66. The van der Waals surface area contributed by atoms with Gasteiger partial charge in [-0.2, -0.15) is 0 Å². The van der Waals surface area contributed by atoms with Crippen molar-refractivity contribution in [2.24, 2.45) is 0 Å². The minimum Gasteiger partial charge on any atom is -0.465 e. The molecule has 2 N–H and O–H groups in total. The van der Waals surface area contributed by atoms with Gasteiger partial charge in [0.15, 0.2) is 5.78 Å². The lowest BCUT2D eigenvalue weighted by Crippen LogP contribution is -2.31. The summed E-state index contributed by atoms with van der Waals surface area (Å²) in [5.74, 6) is 0.808. The fraction of sp³-hybridized carbons (Fsp3) is 0.312. The van der Waals surface area contributed by atoms with Crippen LogP contribution in [0.1, 0.15) is 50.8 Å². The third-order valence-electron chi connectivity index (χ3n) is 3.72. The van der Waals surface area contributed by atoms with Gasteiger partial charge in [0, 0.05) is 17.7 Å². The fourth-order valence-electron chi connectivity index (χ4n) is 2.59. The average Bonchev–Trinajstić information content (AvgIpc) is 2.90. The van der Waals surface area contributed by atoms with E-state index in [0.717, 1.165) is 12.2 Å². The van der Waals surface area contributed by atoms with Gasteiger partial charge in [0.2, 0.25) is 0 Å². The van der Waals surface area contributed by atoms with Gasteiger partial charge < -0.3 is 14.7 Å². The number of H-pyrrole nitrogens is 1. The molecular weight excluding hydrogens is 284 g/mol. The van der Waals surface area contributed by atoms with E-state index in [9.17, 15) is 14.4 Å².